The molecule has 2 aliphatic heterocycles. The van der Waals surface area contributed by atoms with E-state index in [1.165, 1.54) is 31.4 Å². The van der Waals surface area contributed by atoms with Crippen molar-refractivity contribution in [3.05, 3.63) is 105 Å². The van der Waals surface area contributed by atoms with Crippen molar-refractivity contribution in [2.75, 3.05) is 33.5 Å². The fraction of sp³-hybridized carbons (Fsp3) is 0.511. The summed E-state index contributed by atoms with van der Waals surface area (Å²) in [6.07, 6.45) is 2.77. The number of aliphatic hydroxyl groups is 1. The highest BCUT2D eigenvalue weighted by Crippen LogP contribution is 2.53. The van der Waals surface area contributed by atoms with E-state index in [2.05, 4.69) is 41.5 Å². The van der Waals surface area contributed by atoms with Gasteiger partial charge < -0.3 is 28.8 Å². The van der Waals surface area contributed by atoms with Crippen molar-refractivity contribution in [2.45, 2.75) is 122 Å². The topological polar surface area (TPSA) is 109 Å². The minimum atomic E-state index is -0.728. The number of esters is 1. The van der Waals surface area contributed by atoms with Gasteiger partial charge in [-0.3, -0.25) is 9.97 Å². The molecule has 8 rings (SSSR count). The number of carbonyl (C=O) groups excluding carboxylic acids is 1. The van der Waals surface area contributed by atoms with Crippen LogP contribution in [0.4, 0.5) is 8.78 Å². The predicted molar refractivity (Wildman–Crippen MR) is 217 cm³/mol. The smallest absolute Gasteiger partial charge is 0.340 e. The highest BCUT2D eigenvalue weighted by Gasteiger charge is 2.57. The number of carbonyl (C=O) groups is 1. The van der Waals surface area contributed by atoms with Crippen LogP contribution in [0.25, 0.3) is 22.3 Å². The number of hydrogen-bond donors (Lipinski definition) is 1. The zero-order valence-electron chi connectivity index (χ0n) is 35.2. The van der Waals surface area contributed by atoms with Gasteiger partial charge in [-0.15, -0.1) is 0 Å². The first kappa shape index (κ1) is 42.0. The highest BCUT2D eigenvalue weighted by molar-refractivity contribution is 6.00. The summed E-state index contributed by atoms with van der Waals surface area (Å²) >= 11 is 0. The summed E-state index contributed by atoms with van der Waals surface area (Å²) in [5, 5.41) is 10.2. The first-order valence-electron chi connectivity index (χ1n) is 20.4. The van der Waals surface area contributed by atoms with Crippen LogP contribution < -0.4 is 0 Å². The third-order valence-electron chi connectivity index (χ3n) is 12.7. The average Bonchev–Trinajstić information content (AvgIpc) is 3.90. The number of halogens is 2. The molecule has 2 spiro atoms. The highest BCUT2D eigenvalue weighted by atomic mass is 19.1. The molecule has 1 N–H and O–H groups in total. The second-order valence-corrected chi connectivity index (χ2v) is 17.4. The lowest BCUT2D eigenvalue weighted by Gasteiger charge is -2.47. The van der Waals surface area contributed by atoms with E-state index in [4.69, 9.17) is 33.7 Å². The Bertz CT molecular complexity index is 2170. The molecule has 310 valence electrons. The number of benzene rings is 2. The van der Waals surface area contributed by atoms with Crippen LogP contribution in [0.5, 0.6) is 0 Å². The first-order valence-corrected chi connectivity index (χ1v) is 20.4. The number of ether oxygens (including phenoxy) is 5. The monoisotopic (exact) mass is 798 g/mol. The maximum atomic E-state index is 13.7. The van der Waals surface area contributed by atoms with Gasteiger partial charge in [-0.25, -0.2) is 13.6 Å². The molecular weight excluding hydrogens is 743 g/mol. The number of methoxy groups -OCH3 is 1. The molecule has 0 radical (unpaired) electrons. The average molecular weight is 799 g/mol. The molecule has 58 heavy (non-hydrogen) atoms. The van der Waals surface area contributed by atoms with Crippen LogP contribution in [0.1, 0.15) is 130 Å². The van der Waals surface area contributed by atoms with Gasteiger partial charge in [0.15, 0.2) is 11.6 Å². The molecule has 2 aliphatic carbocycles. The number of hydrogen-bond acceptors (Lipinski definition) is 9. The van der Waals surface area contributed by atoms with Crippen LogP contribution >= 0.6 is 0 Å². The number of aliphatic hydroxyl groups excluding tert-OH is 1. The maximum absolute atomic E-state index is 13.7. The molecule has 4 aliphatic rings. The van der Waals surface area contributed by atoms with Crippen molar-refractivity contribution in [1.29, 1.82) is 0 Å². The van der Waals surface area contributed by atoms with Gasteiger partial charge >= 0.3 is 5.97 Å². The Hall–Kier alpha value is -4.13. The van der Waals surface area contributed by atoms with Crippen molar-refractivity contribution in [3.8, 4) is 22.3 Å². The molecule has 2 saturated heterocycles. The Morgan fingerprint density at radius 1 is 0.690 bits per heavy atom. The summed E-state index contributed by atoms with van der Waals surface area (Å²) in [5.74, 6) is -2.28. The molecule has 9 nitrogen and oxygen atoms in total. The van der Waals surface area contributed by atoms with Crippen molar-refractivity contribution in [3.63, 3.8) is 0 Å². The van der Waals surface area contributed by atoms with E-state index in [0.717, 1.165) is 68.9 Å². The molecule has 2 fully saturated rings. The number of aromatic nitrogens is 2. The molecule has 2 aromatic carbocycles. The second kappa shape index (κ2) is 15.8. The fourth-order valence-electron chi connectivity index (χ4n) is 9.59. The number of rotatable bonds is 6. The second-order valence-electron chi connectivity index (χ2n) is 17.4. The summed E-state index contributed by atoms with van der Waals surface area (Å²) in [4.78, 5) is 23.0. The first-order chi connectivity index (χ1) is 27.5. The normalized spacial score (nSPS) is 19.6. The van der Waals surface area contributed by atoms with Gasteiger partial charge in [-0.05, 0) is 104 Å². The number of pyridine rings is 2. The van der Waals surface area contributed by atoms with Crippen LogP contribution in [0.2, 0.25) is 0 Å². The minimum Gasteiger partial charge on any atom is -0.465 e. The lowest BCUT2D eigenvalue weighted by atomic mass is 9.68. The molecule has 0 saturated carbocycles. The van der Waals surface area contributed by atoms with E-state index >= 15 is 0 Å². The lowest BCUT2D eigenvalue weighted by Crippen LogP contribution is -2.53. The van der Waals surface area contributed by atoms with E-state index in [0.29, 0.717) is 50.5 Å². The lowest BCUT2D eigenvalue weighted by molar-refractivity contribution is -0.210. The Morgan fingerprint density at radius 2 is 1.09 bits per heavy atom. The molecule has 11 heteroatoms. The fourth-order valence-corrected chi connectivity index (χ4v) is 9.59. The predicted octanol–water partition coefficient (Wildman–Crippen LogP) is 9.23. The van der Waals surface area contributed by atoms with Crippen LogP contribution in [-0.2, 0) is 54.0 Å². The Morgan fingerprint density at radius 3 is 1.48 bits per heavy atom. The van der Waals surface area contributed by atoms with Gasteiger partial charge in [-0.2, -0.15) is 0 Å². The van der Waals surface area contributed by atoms with Gasteiger partial charge in [0.05, 0.1) is 73.6 Å². The molecule has 0 unspecified atom stereocenters. The van der Waals surface area contributed by atoms with E-state index in [1.54, 1.807) is 24.3 Å². The molecular formula is C47H56F2N2O7. The molecule has 0 atom stereocenters. The van der Waals surface area contributed by atoms with E-state index < -0.39 is 28.4 Å². The van der Waals surface area contributed by atoms with Crippen LogP contribution in [-0.4, -0.2) is 66.2 Å². The number of nitrogens with zero attached hydrogens (tertiary/aromatic N) is 2. The quantitative estimate of drug-likeness (QED) is 0.191. The van der Waals surface area contributed by atoms with Gasteiger partial charge in [0.2, 0.25) is 0 Å². The molecule has 2 aromatic heterocycles. The molecule has 4 aromatic rings. The van der Waals surface area contributed by atoms with Crippen molar-refractivity contribution < 1.29 is 42.4 Å². The van der Waals surface area contributed by atoms with Crippen molar-refractivity contribution in [1.82, 2.24) is 9.97 Å². The Kier molecular flexibility index (Phi) is 11.4. The van der Waals surface area contributed by atoms with Gasteiger partial charge in [0.1, 0.15) is 11.6 Å². The van der Waals surface area contributed by atoms with Gasteiger partial charge in [0, 0.05) is 29.7 Å². The zero-order chi connectivity index (χ0) is 41.8. The largest absolute Gasteiger partial charge is 0.465 e. The van der Waals surface area contributed by atoms with Gasteiger partial charge in [0.25, 0.3) is 0 Å². The third-order valence-corrected chi connectivity index (χ3v) is 12.7. The maximum Gasteiger partial charge on any atom is 0.340 e. The van der Waals surface area contributed by atoms with E-state index in [9.17, 15) is 18.7 Å². The van der Waals surface area contributed by atoms with Crippen LogP contribution in [0, 0.1) is 11.6 Å². The summed E-state index contributed by atoms with van der Waals surface area (Å²) in [5.41, 5.74) is 9.22. The Balaban J connectivity index is 0.000000177. The standard InChI is InChI=1S/C24H28FNO4.C23H28FNO3/c1-14(2)20-19(22(27)28-5)18(15-6-8-16(25)9-7-15)17-10-11-24(29-12-13-30-24)23(3,4)21(17)26-20;1-14(2)20-18(13-26)19(15-5-7-16(24)8-6-15)17-9-10-23(27-11-12-28-23)22(3,4)21(17)25-20/h6-9,14H,10-13H2,1-5H3;5-8,14,26H,9-13H2,1-4H3. The van der Waals surface area contributed by atoms with Crippen LogP contribution in [0.3, 0.4) is 0 Å². The summed E-state index contributed by atoms with van der Waals surface area (Å²) in [6, 6.07) is 12.8. The van der Waals surface area contributed by atoms with E-state index in [1.807, 2.05) is 13.8 Å². The summed E-state index contributed by atoms with van der Waals surface area (Å²) in [6.45, 7) is 18.8. The van der Waals surface area contributed by atoms with E-state index in [-0.39, 0.29) is 30.1 Å². The zero-order valence-corrected chi connectivity index (χ0v) is 35.2. The van der Waals surface area contributed by atoms with Crippen LogP contribution in [0.15, 0.2) is 48.5 Å². The Labute approximate surface area is 340 Å². The minimum absolute atomic E-state index is 0.0114. The molecule has 0 bridgehead atoms. The SMILES string of the molecule is CC(C)c1nc2c(c(-c3ccc(F)cc3)c1CO)CCC1(OCCO1)C2(C)C.COC(=O)c1c(C(C)C)nc2c(c1-c1ccc(F)cc1)CCC1(OCCO1)C2(C)C. The number of fused-ring (bicyclic) bond motifs is 2. The van der Waals surface area contributed by atoms with Gasteiger partial charge in [-0.1, -0.05) is 52.0 Å². The molecule has 0 amide bonds. The summed E-state index contributed by atoms with van der Waals surface area (Å²) < 4.78 is 56.8. The summed E-state index contributed by atoms with van der Waals surface area (Å²) in [7, 11) is 1.37. The van der Waals surface area contributed by atoms with Crippen molar-refractivity contribution >= 4 is 5.97 Å². The molecule has 4 heterocycles. The third kappa shape index (κ3) is 6.86. The van der Waals surface area contributed by atoms with Crippen molar-refractivity contribution in [2.24, 2.45) is 0 Å².